The molecule has 1 aliphatic heterocycles. The van der Waals surface area contributed by atoms with E-state index in [0.717, 1.165) is 6.54 Å². The summed E-state index contributed by atoms with van der Waals surface area (Å²) in [5.41, 5.74) is 0. The number of nitrogens with one attached hydrogen (secondary N) is 2. The quantitative estimate of drug-likeness (QED) is 0.544. The van der Waals surface area contributed by atoms with Crippen molar-refractivity contribution >= 4 is 5.91 Å². The zero-order chi connectivity index (χ0) is 7.56. The summed E-state index contributed by atoms with van der Waals surface area (Å²) in [4.78, 5) is 10.8. The number of hydrogen-bond acceptors (Lipinski definition) is 2. The van der Waals surface area contributed by atoms with Crippen LogP contribution >= 0.6 is 0 Å². The maximum absolute atomic E-state index is 10.8. The first-order valence-corrected chi connectivity index (χ1v) is 3.73. The highest BCUT2D eigenvalue weighted by Crippen LogP contribution is 2.01. The van der Waals surface area contributed by atoms with Gasteiger partial charge in [-0.15, -0.1) is 0 Å². The Morgan fingerprint density at radius 3 is 2.70 bits per heavy atom. The van der Waals surface area contributed by atoms with Crippen LogP contribution in [0, 0.1) is 5.92 Å². The second-order valence-electron chi connectivity index (χ2n) is 2.99. The van der Waals surface area contributed by atoms with Gasteiger partial charge in [0.25, 0.3) is 0 Å². The van der Waals surface area contributed by atoms with Crippen LogP contribution in [0.5, 0.6) is 0 Å². The molecule has 1 amide bonds. The van der Waals surface area contributed by atoms with Crippen LogP contribution < -0.4 is 10.6 Å². The second kappa shape index (κ2) is 3.01. The van der Waals surface area contributed by atoms with Gasteiger partial charge in [-0.1, -0.05) is 13.8 Å². The summed E-state index contributed by atoms with van der Waals surface area (Å²) in [6, 6.07) is 0. The first-order valence-electron chi connectivity index (χ1n) is 3.73. The summed E-state index contributed by atoms with van der Waals surface area (Å²) in [7, 11) is 0. The zero-order valence-electron chi connectivity index (χ0n) is 6.48. The van der Waals surface area contributed by atoms with E-state index in [9.17, 15) is 4.79 Å². The molecule has 0 aromatic carbocycles. The van der Waals surface area contributed by atoms with E-state index in [1.807, 2.05) is 0 Å². The van der Waals surface area contributed by atoms with Gasteiger partial charge in [-0.05, 0) is 5.92 Å². The van der Waals surface area contributed by atoms with E-state index in [4.69, 9.17) is 0 Å². The molecule has 1 atom stereocenters. The van der Waals surface area contributed by atoms with Crippen LogP contribution in [0.4, 0.5) is 0 Å². The summed E-state index contributed by atoms with van der Waals surface area (Å²) in [5, 5.41) is 6.08. The van der Waals surface area contributed by atoms with Gasteiger partial charge < -0.3 is 5.32 Å². The normalized spacial score (nSPS) is 26.7. The SMILES string of the molecule is CC(C)C1NCCC(=O)N1. The van der Waals surface area contributed by atoms with Gasteiger partial charge >= 0.3 is 0 Å². The molecule has 1 fully saturated rings. The van der Waals surface area contributed by atoms with Crippen LogP contribution in [0.3, 0.4) is 0 Å². The molecule has 1 aliphatic rings. The molecule has 0 aromatic rings. The maximum Gasteiger partial charge on any atom is 0.222 e. The fraction of sp³-hybridized carbons (Fsp3) is 0.857. The van der Waals surface area contributed by atoms with Gasteiger partial charge in [-0.25, -0.2) is 0 Å². The van der Waals surface area contributed by atoms with E-state index in [-0.39, 0.29) is 12.1 Å². The molecule has 2 N–H and O–H groups in total. The third-order valence-corrected chi connectivity index (χ3v) is 1.70. The Hall–Kier alpha value is -0.570. The maximum atomic E-state index is 10.8. The standard InChI is InChI=1S/C7H14N2O/c1-5(2)7-8-4-3-6(10)9-7/h5,7-8H,3-4H2,1-2H3,(H,9,10). The van der Waals surface area contributed by atoms with Crippen LogP contribution in [0.1, 0.15) is 20.3 Å². The first kappa shape index (κ1) is 7.54. The van der Waals surface area contributed by atoms with Crippen molar-refractivity contribution in [2.75, 3.05) is 6.54 Å². The molecule has 1 saturated heterocycles. The minimum absolute atomic E-state index is 0.164. The molecule has 0 bridgehead atoms. The molecule has 3 nitrogen and oxygen atoms in total. The molecule has 1 heterocycles. The van der Waals surface area contributed by atoms with Gasteiger partial charge in [0.1, 0.15) is 0 Å². The average Bonchev–Trinajstić information content (AvgIpc) is 1.88. The van der Waals surface area contributed by atoms with Crippen molar-refractivity contribution in [3.05, 3.63) is 0 Å². The lowest BCUT2D eigenvalue weighted by atomic mass is 10.1. The summed E-state index contributed by atoms with van der Waals surface area (Å²) >= 11 is 0. The van der Waals surface area contributed by atoms with Crippen LogP contribution in [0.2, 0.25) is 0 Å². The Kier molecular flexibility index (Phi) is 2.27. The van der Waals surface area contributed by atoms with Crippen molar-refractivity contribution in [3.63, 3.8) is 0 Å². The molecule has 0 radical (unpaired) electrons. The lowest BCUT2D eigenvalue weighted by Gasteiger charge is -2.27. The van der Waals surface area contributed by atoms with Crippen LogP contribution in [-0.4, -0.2) is 18.6 Å². The van der Waals surface area contributed by atoms with Gasteiger partial charge in [0.2, 0.25) is 5.91 Å². The van der Waals surface area contributed by atoms with Crippen LogP contribution in [0.15, 0.2) is 0 Å². The molecule has 1 unspecified atom stereocenters. The largest absolute Gasteiger partial charge is 0.340 e. The zero-order valence-corrected chi connectivity index (χ0v) is 6.48. The lowest BCUT2D eigenvalue weighted by Crippen LogP contribution is -2.54. The summed E-state index contributed by atoms with van der Waals surface area (Å²) < 4.78 is 0. The number of carbonyl (C=O) groups excluding carboxylic acids is 1. The van der Waals surface area contributed by atoms with Crippen molar-refractivity contribution in [3.8, 4) is 0 Å². The van der Waals surface area contributed by atoms with Crippen molar-refractivity contribution in [2.45, 2.75) is 26.4 Å². The summed E-state index contributed by atoms with van der Waals surface area (Å²) in [5.74, 6) is 0.640. The van der Waals surface area contributed by atoms with Gasteiger partial charge in [-0.3, -0.25) is 10.1 Å². The van der Waals surface area contributed by atoms with Crippen molar-refractivity contribution < 1.29 is 4.79 Å². The summed E-state index contributed by atoms with van der Waals surface area (Å²) in [6.07, 6.45) is 0.796. The first-order chi connectivity index (χ1) is 4.70. The Morgan fingerprint density at radius 1 is 1.60 bits per heavy atom. The minimum atomic E-state index is 0.164. The van der Waals surface area contributed by atoms with E-state index >= 15 is 0 Å². The molecule has 10 heavy (non-hydrogen) atoms. The minimum Gasteiger partial charge on any atom is -0.340 e. The Bertz CT molecular complexity index is 134. The third kappa shape index (κ3) is 1.70. The second-order valence-corrected chi connectivity index (χ2v) is 2.99. The van der Waals surface area contributed by atoms with Crippen LogP contribution in [-0.2, 0) is 4.79 Å². The molecular weight excluding hydrogens is 128 g/mol. The van der Waals surface area contributed by atoms with Crippen molar-refractivity contribution in [1.29, 1.82) is 0 Å². The van der Waals surface area contributed by atoms with E-state index < -0.39 is 0 Å². The number of carbonyl (C=O) groups is 1. The van der Waals surface area contributed by atoms with E-state index in [1.54, 1.807) is 0 Å². The average molecular weight is 142 g/mol. The fourth-order valence-electron chi connectivity index (χ4n) is 1.04. The summed E-state index contributed by atoms with van der Waals surface area (Å²) in [6.45, 7) is 4.99. The van der Waals surface area contributed by atoms with Crippen molar-refractivity contribution in [1.82, 2.24) is 10.6 Å². The Morgan fingerprint density at radius 2 is 2.30 bits per heavy atom. The van der Waals surface area contributed by atoms with E-state index in [0.29, 0.717) is 12.3 Å². The molecular formula is C7H14N2O. The lowest BCUT2D eigenvalue weighted by molar-refractivity contribution is -0.123. The van der Waals surface area contributed by atoms with Gasteiger partial charge in [0.05, 0.1) is 6.17 Å². The molecule has 0 aromatic heterocycles. The Balaban J connectivity index is 2.39. The highest BCUT2D eigenvalue weighted by Gasteiger charge is 2.19. The predicted octanol–water partition coefficient (Wildman–Crippen LogP) is 0.0780. The highest BCUT2D eigenvalue weighted by molar-refractivity contribution is 5.77. The topological polar surface area (TPSA) is 41.1 Å². The Labute approximate surface area is 61.2 Å². The third-order valence-electron chi connectivity index (χ3n) is 1.70. The fourth-order valence-corrected chi connectivity index (χ4v) is 1.04. The van der Waals surface area contributed by atoms with Gasteiger partial charge in [-0.2, -0.15) is 0 Å². The number of hydrogen-bond donors (Lipinski definition) is 2. The number of rotatable bonds is 1. The van der Waals surface area contributed by atoms with Crippen LogP contribution in [0.25, 0.3) is 0 Å². The monoisotopic (exact) mass is 142 g/mol. The molecule has 1 rings (SSSR count). The molecule has 0 spiro atoms. The molecule has 0 saturated carbocycles. The van der Waals surface area contributed by atoms with Gasteiger partial charge in [0, 0.05) is 13.0 Å². The molecule has 58 valence electrons. The highest BCUT2D eigenvalue weighted by atomic mass is 16.1. The van der Waals surface area contributed by atoms with E-state index in [1.165, 1.54) is 0 Å². The smallest absolute Gasteiger partial charge is 0.222 e. The van der Waals surface area contributed by atoms with Crippen molar-refractivity contribution in [2.24, 2.45) is 5.92 Å². The number of amides is 1. The molecule has 0 aliphatic carbocycles. The van der Waals surface area contributed by atoms with Gasteiger partial charge in [0.15, 0.2) is 0 Å². The molecule has 3 heteroatoms. The van der Waals surface area contributed by atoms with E-state index in [2.05, 4.69) is 24.5 Å². The predicted molar refractivity (Wildman–Crippen MR) is 39.4 cm³/mol.